The molecule has 0 bridgehead atoms. The summed E-state index contributed by atoms with van der Waals surface area (Å²) in [5.41, 5.74) is 0.382. The van der Waals surface area contributed by atoms with Crippen molar-refractivity contribution in [3.63, 3.8) is 0 Å². The van der Waals surface area contributed by atoms with E-state index >= 15 is 0 Å². The van der Waals surface area contributed by atoms with Crippen LogP contribution in [-0.2, 0) is 4.79 Å². The molecular formula is C12H23NOS. The smallest absolute Gasteiger partial charge is 0.229 e. The predicted octanol–water partition coefficient (Wildman–Crippen LogP) is 2.64. The molecule has 0 aromatic rings. The fourth-order valence-electron chi connectivity index (χ4n) is 2.79. The van der Waals surface area contributed by atoms with Crippen LogP contribution in [0.4, 0.5) is 0 Å². The topological polar surface area (TPSA) is 29.1 Å². The van der Waals surface area contributed by atoms with Gasteiger partial charge in [-0.25, -0.2) is 0 Å². The Hall–Kier alpha value is -0.180. The van der Waals surface area contributed by atoms with Crippen LogP contribution in [0.3, 0.4) is 0 Å². The second-order valence-electron chi connectivity index (χ2n) is 5.24. The zero-order valence-electron chi connectivity index (χ0n) is 9.88. The van der Waals surface area contributed by atoms with E-state index in [0.717, 1.165) is 12.5 Å². The first kappa shape index (κ1) is 12.9. The summed E-state index contributed by atoms with van der Waals surface area (Å²) in [7, 11) is 0. The molecule has 0 aromatic carbocycles. The molecule has 0 spiro atoms. The second kappa shape index (κ2) is 5.78. The molecule has 1 amide bonds. The van der Waals surface area contributed by atoms with Crippen molar-refractivity contribution in [1.82, 2.24) is 5.32 Å². The highest BCUT2D eigenvalue weighted by Crippen LogP contribution is 2.42. The Bertz CT molecular complexity index is 210. The van der Waals surface area contributed by atoms with Crippen LogP contribution in [0.15, 0.2) is 0 Å². The van der Waals surface area contributed by atoms with Crippen LogP contribution < -0.4 is 5.32 Å². The number of amides is 1. The second-order valence-corrected chi connectivity index (χ2v) is 5.56. The molecule has 1 N–H and O–H groups in total. The Kier molecular flexibility index (Phi) is 4.97. The number of nitrogens with one attached hydrogen (secondary N) is 1. The Labute approximate surface area is 98.6 Å². The molecule has 1 fully saturated rings. The molecule has 0 heterocycles. The minimum Gasteiger partial charge on any atom is -0.355 e. The van der Waals surface area contributed by atoms with Gasteiger partial charge in [0.05, 0.1) is 5.75 Å². The van der Waals surface area contributed by atoms with Gasteiger partial charge in [0, 0.05) is 6.54 Å². The number of rotatable bonds is 5. The lowest BCUT2D eigenvalue weighted by Gasteiger charge is -2.31. The zero-order valence-corrected chi connectivity index (χ0v) is 10.8. The van der Waals surface area contributed by atoms with Crippen LogP contribution in [0.1, 0.15) is 46.0 Å². The highest BCUT2D eigenvalue weighted by atomic mass is 32.1. The van der Waals surface area contributed by atoms with Gasteiger partial charge < -0.3 is 5.32 Å². The van der Waals surface area contributed by atoms with Gasteiger partial charge in [0.25, 0.3) is 0 Å². The summed E-state index contributed by atoms with van der Waals surface area (Å²) in [6.07, 6.45) is 6.43. The van der Waals surface area contributed by atoms with Gasteiger partial charge in [-0.15, -0.1) is 0 Å². The van der Waals surface area contributed by atoms with E-state index in [2.05, 4.69) is 31.8 Å². The summed E-state index contributed by atoms with van der Waals surface area (Å²) in [6.45, 7) is 5.38. The summed E-state index contributed by atoms with van der Waals surface area (Å²) >= 11 is 3.98. The fraction of sp³-hybridized carbons (Fsp3) is 0.917. The molecule has 1 saturated carbocycles. The van der Waals surface area contributed by atoms with Crippen molar-refractivity contribution in [3.8, 4) is 0 Å². The van der Waals surface area contributed by atoms with Crippen molar-refractivity contribution in [2.75, 3.05) is 12.3 Å². The van der Waals surface area contributed by atoms with Crippen LogP contribution >= 0.6 is 12.6 Å². The van der Waals surface area contributed by atoms with Crippen LogP contribution in [0, 0.1) is 11.3 Å². The molecular weight excluding hydrogens is 206 g/mol. The van der Waals surface area contributed by atoms with Crippen molar-refractivity contribution in [1.29, 1.82) is 0 Å². The van der Waals surface area contributed by atoms with Gasteiger partial charge in [-0.1, -0.05) is 26.7 Å². The fourth-order valence-corrected chi connectivity index (χ4v) is 2.90. The Morgan fingerprint density at radius 3 is 2.47 bits per heavy atom. The number of carbonyl (C=O) groups excluding carboxylic acids is 1. The van der Waals surface area contributed by atoms with E-state index in [1.807, 2.05) is 0 Å². The largest absolute Gasteiger partial charge is 0.355 e. The molecule has 0 radical (unpaired) electrons. The van der Waals surface area contributed by atoms with E-state index in [9.17, 15) is 4.79 Å². The summed E-state index contributed by atoms with van der Waals surface area (Å²) in [5, 5.41) is 3.01. The summed E-state index contributed by atoms with van der Waals surface area (Å²) in [5.74, 6) is 1.09. The maximum absolute atomic E-state index is 11.2. The molecule has 0 aliphatic heterocycles. The van der Waals surface area contributed by atoms with Crippen molar-refractivity contribution >= 4 is 18.5 Å². The number of carbonyl (C=O) groups is 1. The van der Waals surface area contributed by atoms with E-state index in [1.165, 1.54) is 32.1 Å². The molecule has 0 atom stereocenters. The maximum atomic E-state index is 11.2. The summed E-state index contributed by atoms with van der Waals surface area (Å²) < 4.78 is 0. The number of thiol groups is 1. The Morgan fingerprint density at radius 1 is 1.40 bits per heavy atom. The van der Waals surface area contributed by atoms with Gasteiger partial charge in [0.2, 0.25) is 5.91 Å². The van der Waals surface area contributed by atoms with Crippen LogP contribution in [0.2, 0.25) is 0 Å². The zero-order chi connectivity index (χ0) is 11.3. The lowest BCUT2D eigenvalue weighted by atomic mass is 9.78. The van der Waals surface area contributed by atoms with Gasteiger partial charge in [-0.3, -0.25) is 4.79 Å². The van der Waals surface area contributed by atoms with Gasteiger partial charge in [-0.05, 0) is 30.6 Å². The maximum Gasteiger partial charge on any atom is 0.229 e. The minimum atomic E-state index is 0.0633. The van der Waals surface area contributed by atoms with Gasteiger partial charge >= 0.3 is 0 Å². The SMILES string of the molecule is CC(C)CC1(CNC(=O)CS)CCCC1. The van der Waals surface area contributed by atoms with Crippen molar-refractivity contribution < 1.29 is 4.79 Å². The number of hydrogen-bond acceptors (Lipinski definition) is 2. The molecule has 3 heteroatoms. The Morgan fingerprint density at radius 2 is 2.00 bits per heavy atom. The standard InChI is InChI=1S/C12H23NOS/c1-10(2)7-12(5-3-4-6-12)9-13-11(14)8-15/h10,15H,3-9H2,1-2H3,(H,13,14). The average molecular weight is 229 g/mol. The Balaban J connectivity index is 2.46. The monoisotopic (exact) mass is 229 g/mol. The number of hydrogen-bond donors (Lipinski definition) is 2. The lowest BCUT2D eigenvalue weighted by molar-refractivity contribution is -0.119. The molecule has 1 rings (SSSR count). The van der Waals surface area contributed by atoms with Crippen LogP contribution in [-0.4, -0.2) is 18.2 Å². The lowest BCUT2D eigenvalue weighted by Crippen LogP contribution is -2.37. The normalized spacial score (nSPS) is 19.5. The third-order valence-electron chi connectivity index (χ3n) is 3.31. The quantitative estimate of drug-likeness (QED) is 0.697. The summed E-state index contributed by atoms with van der Waals surface area (Å²) in [4.78, 5) is 11.2. The average Bonchev–Trinajstić information content (AvgIpc) is 2.62. The molecule has 1 aliphatic carbocycles. The predicted molar refractivity (Wildman–Crippen MR) is 67.2 cm³/mol. The van der Waals surface area contributed by atoms with E-state index in [0.29, 0.717) is 11.2 Å². The van der Waals surface area contributed by atoms with Gasteiger partial charge in [0.15, 0.2) is 0 Å². The molecule has 88 valence electrons. The molecule has 1 aliphatic rings. The first-order chi connectivity index (χ1) is 7.08. The van der Waals surface area contributed by atoms with Gasteiger partial charge in [0.1, 0.15) is 0 Å². The molecule has 15 heavy (non-hydrogen) atoms. The first-order valence-corrected chi connectivity index (χ1v) is 6.59. The van der Waals surface area contributed by atoms with Crippen LogP contribution in [0.25, 0.3) is 0 Å². The van der Waals surface area contributed by atoms with Crippen LogP contribution in [0.5, 0.6) is 0 Å². The molecule has 0 saturated heterocycles. The van der Waals surface area contributed by atoms with Crippen molar-refractivity contribution in [2.24, 2.45) is 11.3 Å². The third kappa shape index (κ3) is 4.06. The summed E-state index contributed by atoms with van der Waals surface area (Å²) in [6, 6.07) is 0. The molecule has 0 aromatic heterocycles. The van der Waals surface area contributed by atoms with E-state index in [4.69, 9.17) is 0 Å². The highest BCUT2D eigenvalue weighted by Gasteiger charge is 2.34. The highest BCUT2D eigenvalue weighted by molar-refractivity contribution is 7.81. The van der Waals surface area contributed by atoms with Crippen molar-refractivity contribution in [3.05, 3.63) is 0 Å². The minimum absolute atomic E-state index is 0.0633. The van der Waals surface area contributed by atoms with E-state index in [-0.39, 0.29) is 5.91 Å². The van der Waals surface area contributed by atoms with E-state index in [1.54, 1.807) is 0 Å². The van der Waals surface area contributed by atoms with Gasteiger partial charge in [-0.2, -0.15) is 12.6 Å². The molecule has 2 nitrogen and oxygen atoms in total. The third-order valence-corrected chi connectivity index (χ3v) is 3.60. The van der Waals surface area contributed by atoms with Crippen molar-refractivity contribution in [2.45, 2.75) is 46.0 Å². The molecule has 0 unspecified atom stereocenters. The first-order valence-electron chi connectivity index (χ1n) is 5.95. The van der Waals surface area contributed by atoms with E-state index < -0.39 is 0 Å².